The molecule has 0 spiro atoms. The second-order valence-electron chi connectivity index (χ2n) is 10.2. The van der Waals surface area contributed by atoms with Crippen molar-refractivity contribution in [2.75, 3.05) is 13.2 Å². The van der Waals surface area contributed by atoms with Gasteiger partial charge in [-0.3, -0.25) is 9.11 Å². The van der Waals surface area contributed by atoms with Gasteiger partial charge in [0.15, 0.2) is 0 Å². The van der Waals surface area contributed by atoms with E-state index in [1.54, 1.807) is 0 Å². The van der Waals surface area contributed by atoms with E-state index in [0.29, 0.717) is 0 Å². The standard InChI is InChI=1S/C30H60O.Mg.Na.H2O4S.3H/c1-3-5-7-9-11-13-15-16-17-18-19-20-22-24-26-28-30-31-29-27-25-23-21-14-12-10-8-6-4-2;;;1-5(2,3)4;;;/h16-17H,3-15,18-30H2,1-2H3;;;(H2,1,2,3,4);;;. The number of hydrogen-bond acceptors (Lipinski definition) is 3. The van der Waals surface area contributed by atoms with Gasteiger partial charge in [-0.05, 0) is 38.5 Å². The van der Waals surface area contributed by atoms with E-state index in [1.165, 1.54) is 154 Å². The minimum absolute atomic E-state index is 0. The van der Waals surface area contributed by atoms with Crippen LogP contribution in [0.5, 0.6) is 0 Å². The third-order valence-corrected chi connectivity index (χ3v) is 6.44. The first kappa shape index (κ1) is 46.3. The van der Waals surface area contributed by atoms with E-state index < -0.39 is 10.4 Å². The van der Waals surface area contributed by atoms with Crippen LogP contribution in [0.25, 0.3) is 0 Å². The summed E-state index contributed by atoms with van der Waals surface area (Å²) in [5.41, 5.74) is 0. The SMILES string of the molecule is CCCCCCCCC=CCCCCCCCCOCCCCCCCCCCCC.O=S(=O)(O)O.[MgH2].[NaH]. The van der Waals surface area contributed by atoms with E-state index in [1.807, 2.05) is 0 Å². The van der Waals surface area contributed by atoms with Crippen LogP contribution in [0, 0.1) is 0 Å². The van der Waals surface area contributed by atoms with Crippen LogP contribution in [0.1, 0.15) is 168 Å². The zero-order valence-corrected chi connectivity index (χ0v) is 24.9. The zero-order chi connectivity index (χ0) is 27.0. The van der Waals surface area contributed by atoms with E-state index in [-0.39, 0.29) is 52.6 Å². The molecule has 0 radical (unpaired) electrons. The Morgan fingerprint density at radius 2 is 0.737 bits per heavy atom. The van der Waals surface area contributed by atoms with E-state index in [9.17, 15) is 0 Å². The first-order valence-electron chi connectivity index (χ1n) is 15.3. The molecule has 5 nitrogen and oxygen atoms in total. The summed E-state index contributed by atoms with van der Waals surface area (Å²) in [5.74, 6) is 0. The Labute approximate surface area is 276 Å². The molecule has 0 aromatic heterocycles. The van der Waals surface area contributed by atoms with Crippen molar-refractivity contribution in [3.8, 4) is 0 Å². The van der Waals surface area contributed by atoms with Gasteiger partial charge in [0.05, 0.1) is 0 Å². The molecule has 0 aliphatic heterocycles. The normalized spacial score (nSPS) is 11.1. The molecule has 0 bridgehead atoms. The number of ether oxygens (including phenoxy) is 1. The van der Waals surface area contributed by atoms with Crippen molar-refractivity contribution in [3.63, 3.8) is 0 Å². The predicted octanol–water partition coefficient (Wildman–Crippen LogP) is 8.74. The number of hydrogen-bond donors (Lipinski definition) is 2. The molecule has 0 fully saturated rings. The van der Waals surface area contributed by atoms with Gasteiger partial charge in [0.2, 0.25) is 0 Å². The Morgan fingerprint density at radius 1 is 0.500 bits per heavy atom. The van der Waals surface area contributed by atoms with Crippen molar-refractivity contribution >= 4 is 63.0 Å². The van der Waals surface area contributed by atoms with Crippen LogP contribution in [-0.4, -0.2) is 83.3 Å². The summed E-state index contributed by atoms with van der Waals surface area (Å²) in [6.45, 7) is 6.55. The third-order valence-electron chi connectivity index (χ3n) is 6.44. The van der Waals surface area contributed by atoms with Crippen LogP contribution in [0.4, 0.5) is 0 Å². The molecular formula is C30H65MgNaO5S. The van der Waals surface area contributed by atoms with Crippen LogP contribution < -0.4 is 0 Å². The summed E-state index contributed by atoms with van der Waals surface area (Å²) in [4.78, 5) is 0. The molecule has 0 heterocycles. The number of allylic oxidation sites excluding steroid dienone is 2. The molecule has 0 aliphatic rings. The molecule has 0 saturated heterocycles. The van der Waals surface area contributed by atoms with E-state index in [4.69, 9.17) is 22.3 Å². The fraction of sp³-hybridized carbons (Fsp3) is 0.933. The molecule has 0 aromatic rings. The number of rotatable bonds is 27. The molecule has 0 saturated carbocycles. The average Bonchev–Trinajstić information content (AvgIpc) is 2.82. The first-order chi connectivity index (χ1) is 17.4. The molecular weight excluding hydrogens is 520 g/mol. The minimum atomic E-state index is -4.67. The van der Waals surface area contributed by atoms with Crippen molar-refractivity contribution < 1.29 is 22.3 Å². The third kappa shape index (κ3) is 57.3. The van der Waals surface area contributed by atoms with Crippen molar-refractivity contribution in [3.05, 3.63) is 12.2 Å². The average molecular weight is 585 g/mol. The van der Waals surface area contributed by atoms with E-state index in [0.717, 1.165) is 13.2 Å². The van der Waals surface area contributed by atoms with Crippen LogP contribution in [-0.2, 0) is 15.1 Å². The van der Waals surface area contributed by atoms with E-state index >= 15 is 0 Å². The molecule has 8 heteroatoms. The molecule has 2 N–H and O–H groups in total. The van der Waals surface area contributed by atoms with Crippen molar-refractivity contribution in [1.29, 1.82) is 0 Å². The van der Waals surface area contributed by atoms with Gasteiger partial charge in [0.1, 0.15) is 0 Å². The van der Waals surface area contributed by atoms with Gasteiger partial charge in [-0.25, -0.2) is 0 Å². The Bertz CT molecular complexity index is 525. The summed E-state index contributed by atoms with van der Waals surface area (Å²) in [7, 11) is -4.67. The maximum atomic E-state index is 8.74. The monoisotopic (exact) mass is 584 g/mol. The second-order valence-corrected chi connectivity index (χ2v) is 11.1. The maximum absolute atomic E-state index is 8.74. The van der Waals surface area contributed by atoms with Gasteiger partial charge < -0.3 is 4.74 Å². The van der Waals surface area contributed by atoms with Crippen molar-refractivity contribution in [2.24, 2.45) is 0 Å². The Kier molecular flexibility index (Phi) is 49.3. The first-order valence-corrected chi connectivity index (χ1v) is 16.7. The van der Waals surface area contributed by atoms with Gasteiger partial charge in [-0.2, -0.15) is 8.42 Å². The molecule has 0 unspecified atom stereocenters. The van der Waals surface area contributed by atoms with Gasteiger partial charge in [-0.1, -0.05) is 142 Å². The fourth-order valence-corrected chi connectivity index (χ4v) is 4.25. The van der Waals surface area contributed by atoms with Crippen LogP contribution in [0.15, 0.2) is 12.2 Å². The van der Waals surface area contributed by atoms with Crippen LogP contribution >= 0.6 is 0 Å². The predicted molar refractivity (Wildman–Crippen MR) is 172 cm³/mol. The van der Waals surface area contributed by atoms with Gasteiger partial charge in [0.25, 0.3) is 0 Å². The zero-order valence-electron chi connectivity index (χ0n) is 24.1. The quantitative estimate of drug-likeness (QED) is 0.0436. The topological polar surface area (TPSA) is 83.8 Å². The van der Waals surface area contributed by atoms with E-state index in [2.05, 4.69) is 26.0 Å². The van der Waals surface area contributed by atoms with Crippen LogP contribution in [0.3, 0.4) is 0 Å². The molecule has 0 aromatic carbocycles. The summed E-state index contributed by atoms with van der Waals surface area (Å²) < 4.78 is 37.4. The van der Waals surface area contributed by atoms with Gasteiger partial charge >= 0.3 is 63.0 Å². The summed E-state index contributed by atoms with van der Waals surface area (Å²) in [6, 6.07) is 0. The molecule has 0 rings (SSSR count). The molecule has 0 atom stereocenters. The fourth-order valence-electron chi connectivity index (χ4n) is 4.25. The molecule has 38 heavy (non-hydrogen) atoms. The second kappa shape index (κ2) is 40.5. The van der Waals surface area contributed by atoms with Crippen LogP contribution in [0.2, 0.25) is 0 Å². The Hall–Kier alpha value is 1.34. The summed E-state index contributed by atoms with van der Waals surface area (Å²) in [6.07, 6.45) is 38.1. The molecule has 0 aliphatic carbocycles. The summed E-state index contributed by atoms with van der Waals surface area (Å²) >= 11 is 0. The Balaban J connectivity index is -0.000000749. The Morgan fingerprint density at radius 3 is 1.03 bits per heavy atom. The van der Waals surface area contributed by atoms with Gasteiger partial charge in [-0.15, -0.1) is 0 Å². The van der Waals surface area contributed by atoms with Gasteiger partial charge in [0, 0.05) is 13.2 Å². The molecule has 224 valence electrons. The summed E-state index contributed by atoms with van der Waals surface area (Å²) in [5, 5.41) is 0. The molecule has 0 amide bonds. The number of unbranched alkanes of at least 4 members (excludes halogenated alkanes) is 21. The van der Waals surface area contributed by atoms with Crippen molar-refractivity contribution in [2.45, 2.75) is 168 Å². The van der Waals surface area contributed by atoms with Crippen molar-refractivity contribution in [1.82, 2.24) is 0 Å².